The number of carbonyl (C=O) groups excluding carboxylic acids is 1. The number of fused-ring (bicyclic) bond motifs is 1. The summed E-state index contributed by atoms with van der Waals surface area (Å²) in [5.41, 5.74) is 0.645. The van der Waals surface area contributed by atoms with Gasteiger partial charge < -0.3 is 13.9 Å². The zero-order chi connectivity index (χ0) is 17.1. The van der Waals surface area contributed by atoms with Gasteiger partial charge in [0.05, 0.1) is 0 Å². The van der Waals surface area contributed by atoms with E-state index in [0.717, 1.165) is 10.9 Å². The van der Waals surface area contributed by atoms with Crippen molar-refractivity contribution in [3.8, 4) is 11.5 Å². The molecule has 3 aromatic rings. The highest BCUT2D eigenvalue weighted by Crippen LogP contribution is 2.22. The third-order valence-corrected chi connectivity index (χ3v) is 3.32. The highest BCUT2D eigenvalue weighted by Gasteiger charge is 2.09. The third kappa shape index (κ3) is 3.60. The topological polar surface area (TPSA) is 65.7 Å². The molecule has 0 unspecified atom stereocenters. The summed E-state index contributed by atoms with van der Waals surface area (Å²) in [5, 5.41) is 0.761. The molecule has 0 radical (unpaired) electrons. The van der Waals surface area contributed by atoms with Crippen LogP contribution in [0.1, 0.15) is 5.56 Å². The zero-order valence-corrected chi connectivity index (χ0v) is 12.7. The maximum Gasteiger partial charge on any atom is 0.349 e. The Hall–Kier alpha value is -3.15. The average molecular weight is 328 g/mol. The number of carbonyl (C=O) groups is 1. The van der Waals surface area contributed by atoms with Crippen LogP contribution in [0.5, 0.6) is 11.5 Å². The third-order valence-electron chi connectivity index (χ3n) is 3.32. The first kappa shape index (κ1) is 15.7. The van der Waals surface area contributed by atoms with Crippen LogP contribution in [0.2, 0.25) is 0 Å². The van der Waals surface area contributed by atoms with Crippen LogP contribution in [0.15, 0.2) is 57.7 Å². The number of ether oxygens (including phenoxy) is 2. The summed E-state index contributed by atoms with van der Waals surface area (Å²) in [4.78, 5) is 23.2. The number of rotatable bonds is 4. The molecule has 0 aliphatic rings. The molecule has 0 fully saturated rings. The van der Waals surface area contributed by atoms with Gasteiger partial charge in [-0.1, -0.05) is 0 Å². The number of benzene rings is 2. The fourth-order valence-corrected chi connectivity index (χ4v) is 2.20. The second-order valence-electron chi connectivity index (χ2n) is 5.12. The van der Waals surface area contributed by atoms with E-state index in [-0.39, 0.29) is 12.4 Å². The van der Waals surface area contributed by atoms with Gasteiger partial charge in [0.1, 0.15) is 22.9 Å². The van der Waals surface area contributed by atoms with Crippen LogP contribution < -0.4 is 15.1 Å². The quantitative estimate of drug-likeness (QED) is 0.418. The predicted octanol–water partition coefficient (Wildman–Crippen LogP) is 3.22. The van der Waals surface area contributed by atoms with E-state index in [2.05, 4.69) is 0 Å². The Morgan fingerprint density at radius 3 is 2.54 bits per heavy atom. The second kappa shape index (κ2) is 6.54. The molecule has 122 valence electrons. The lowest BCUT2D eigenvalue weighted by Crippen LogP contribution is -2.17. The number of hydrogen-bond acceptors (Lipinski definition) is 5. The van der Waals surface area contributed by atoms with E-state index in [1.807, 2.05) is 0 Å². The average Bonchev–Trinajstić information content (AvgIpc) is 2.54. The van der Waals surface area contributed by atoms with Crippen molar-refractivity contribution < 1.29 is 23.1 Å². The molecular weight excluding hydrogens is 315 g/mol. The van der Waals surface area contributed by atoms with Crippen molar-refractivity contribution in [3.05, 3.63) is 70.3 Å². The first-order chi connectivity index (χ1) is 11.5. The van der Waals surface area contributed by atoms with Crippen LogP contribution >= 0.6 is 0 Å². The standard InChI is InChI=1S/C18H13FO5/c1-11-8-17(20)24-16-9-14(6-7-15(11)16)23-18(21)10-22-13-4-2-12(19)3-5-13/h2-9H,10H2,1H3. The molecular formula is C18H13FO5. The maximum absolute atomic E-state index is 12.8. The molecule has 6 heteroatoms. The van der Waals surface area contributed by atoms with E-state index in [1.165, 1.54) is 36.4 Å². The van der Waals surface area contributed by atoms with E-state index in [9.17, 15) is 14.0 Å². The van der Waals surface area contributed by atoms with Crippen LogP contribution in [-0.4, -0.2) is 12.6 Å². The van der Waals surface area contributed by atoms with Gasteiger partial charge in [0.2, 0.25) is 0 Å². The Balaban J connectivity index is 1.69. The number of hydrogen-bond donors (Lipinski definition) is 0. The summed E-state index contributed by atoms with van der Waals surface area (Å²) < 4.78 is 28.2. The first-order valence-electron chi connectivity index (χ1n) is 7.15. The molecule has 0 spiro atoms. The summed E-state index contributed by atoms with van der Waals surface area (Å²) in [5.74, 6) is -0.427. The summed E-state index contributed by atoms with van der Waals surface area (Å²) in [6, 6.07) is 11.5. The predicted molar refractivity (Wildman–Crippen MR) is 84.8 cm³/mol. The van der Waals surface area contributed by atoms with Crippen molar-refractivity contribution in [1.29, 1.82) is 0 Å². The molecule has 3 rings (SSSR count). The van der Waals surface area contributed by atoms with Crippen molar-refractivity contribution in [2.75, 3.05) is 6.61 Å². The van der Waals surface area contributed by atoms with Gasteiger partial charge in [0, 0.05) is 17.5 Å². The van der Waals surface area contributed by atoms with E-state index in [0.29, 0.717) is 11.3 Å². The van der Waals surface area contributed by atoms with Gasteiger partial charge in [-0.3, -0.25) is 0 Å². The zero-order valence-electron chi connectivity index (χ0n) is 12.7. The van der Waals surface area contributed by atoms with Crippen LogP contribution in [0.3, 0.4) is 0 Å². The lowest BCUT2D eigenvalue weighted by atomic mass is 10.1. The molecule has 1 aromatic heterocycles. The molecule has 0 aliphatic heterocycles. The van der Waals surface area contributed by atoms with Gasteiger partial charge >= 0.3 is 11.6 Å². The molecule has 1 heterocycles. The van der Waals surface area contributed by atoms with Crippen molar-refractivity contribution >= 4 is 16.9 Å². The molecule has 0 atom stereocenters. The Kier molecular flexibility index (Phi) is 4.29. The number of aryl methyl sites for hydroxylation is 1. The van der Waals surface area contributed by atoms with E-state index < -0.39 is 17.4 Å². The van der Waals surface area contributed by atoms with E-state index in [4.69, 9.17) is 13.9 Å². The smallest absolute Gasteiger partial charge is 0.349 e. The highest BCUT2D eigenvalue weighted by atomic mass is 19.1. The molecule has 24 heavy (non-hydrogen) atoms. The Labute approximate surface area is 136 Å². The molecule has 0 bridgehead atoms. The Morgan fingerprint density at radius 2 is 1.79 bits per heavy atom. The summed E-state index contributed by atoms with van der Waals surface area (Å²) >= 11 is 0. The number of halogens is 1. The molecule has 0 amide bonds. The minimum Gasteiger partial charge on any atom is -0.482 e. The Bertz CT molecular complexity index is 944. The van der Waals surface area contributed by atoms with Crippen molar-refractivity contribution in [3.63, 3.8) is 0 Å². The fraction of sp³-hybridized carbons (Fsp3) is 0.111. The van der Waals surface area contributed by atoms with Gasteiger partial charge in [-0.05, 0) is 48.9 Å². The largest absolute Gasteiger partial charge is 0.482 e. The molecule has 5 nitrogen and oxygen atoms in total. The van der Waals surface area contributed by atoms with Crippen LogP contribution in [0, 0.1) is 12.7 Å². The summed E-state index contributed by atoms with van der Waals surface area (Å²) in [6.45, 7) is 1.46. The minimum absolute atomic E-state index is 0.240. The SMILES string of the molecule is Cc1cc(=O)oc2cc(OC(=O)COc3ccc(F)cc3)ccc12. The normalized spacial score (nSPS) is 10.6. The second-order valence-corrected chi connectivity index (χ2v) is 5.12. The van der Waals surface area contributed by atoms with Gasteiger partial charge in [-0.2, -0.15) is 0 Å². The molecule has 0 saturated heterocycles. The van der Waals surface area contributed by atoms with Gasteiger partial charge in [0.25, 0.3) is 0 Å². The lowest BCUT2D eigenvalue weighted by molar-refractivity contribution is -0.136. The van der Waals surface area contributed by atoms with Crippen molar-refractivity contribution in [1.82, 2.24) is 0 Å². The summed E-state index contributed by atoms with van der Waals surface area (Å²) in [6.07, 6.45) is 0. The lowest BCUT2D eigenvalue weighted by Gasteiger charge is -2.07. The monoisotopic (exact) mass is 328 g/mol. The fourth-order valence-electron chi connectivity index (χ4n) is 2.20. The van der Waals surface area contributed by atoms with Crippen molar-refractivity contribution in [2.45, 2.75) is 6.92 Å². The van der Waals surface area contributed by atoms with Gasteiger partial charge in [-0.15, -0.1) is 0 Å². The van der Waals surface area contributed by atoms with Crippen LogP contribution in [-0.2, 0) is 4.79 Å². The first-order valence-corrected chi connectivity index (χ1v) is 7.15. The molecule has 0 aliphatic carbocycles. The highest BCUT2D eigenvalue weighted by molar-refractivity contribution is 5.82. The molecule has 0 saturated carbocycles. The maximum atomic E-state index is 12.8. The van der Waals surface area contributed by atoms with Crippen molar-refractivity contribution in [2.24, 2.45) is 0 Å². The van der Waals surface area contributed by atoms with Crippen LogP contribution in [0.4, 0.5) is 4.39 Å². The van der Waals surface area contributed by atoms with Gasteiger partial charge in [0.15, 0.2) is 6.61 Å². The minimum atomic E-state index is -0.631. The Morgan fingerprint density at radius 1 is 1.08 bits per heavy atom. The van der Waals surface area contributed by atoms with Gasteiger partial charge in [-0.25, -0.2) is 14.0 Å². The number of esters is 1. The van der Waals surface area contributed by atoms with Crippen LogP contribution in [0.25, 0.3) is 11.0 Å². The molecule has 2 aromatic carbocycles. The van der Waals surface area contributed by atoms with E-state index in [1.54, 1.807) is 19.1 Å². The van der Waals surface area contributed by atoms with E-state index >= 15 is 0 Å². The summed E-state index contributed by atoms with van der Waals surface area (Å²) in [7, 11) is 0. The molecule has 0 N–H and O–H groups in total.